The Morgan fingerprint density at radius 1 is 1.42 bits per heavy atom. The molecule has 0 aliphatic carbocycles. The van der Waals surface area contributed by atoms with Crippen LogP contribution >= 0.6 is 0 Å². The van der Waals surface area contributed by atoms with E-state index in [-0.39, 0.29) is 0 Å². The molecule has 1 rings (SSSR count). The van der Waals surface area contributed by atoms with E-state index in [2.05, 4.69) is 6.07 Å². The molecule has 0 radical (unpaired) electrons. The fraction of sp³-hybridized carbons (Fsp3) is 0.300. The Morgan fingerprint density at radius 2 is 2.08 bits per heavy atom. The van der Waals surface area contributed by atoms with Gasteiger partial charge in [-0.2, -0.15) is 5.26 Å². The van der Waals surface area contributed by atoms with Crippen LogP contribution in [-0.2, 0) is 6.42 Å². The number of aryl methyl sites for hydroxylation is 1. The molecular weight excluding hydrogens is 148 g/mol. The number of nitrogen functional groups attached to an aromatic ring is 1. The summed E-state index contributed by atoms with van der Waals surface area (Å²) < 4.78 is 0. The van der Waals surface area contributed by atoms with Crippen molar-refractivity contribution < 1.29 is 0 Å². The lowest BCUT2D eigenvalue weighted by atomic mass is 10.0. The van der Waals surface area contributed by atoms with E-state index in [1.807, 2.05) is 26.0 Å². The minimum absolute atomic E-state index is 0.436. The van der Waals surface area contributed by atoms with Crippen molar-refractivity contribution in [3.8, 4) is 6.07 Å². The van der Waals surface area contributed by atoms with Gasteiger partial charge in [0.1, 0.15) is 0 Å². The second-order valence-corrected chi connectivity index (χ2v) is 2.96. The lowest BCUT2D eigenvalue weighted by Gasteiger charge is -2.05. The van der Waals surface area contributed by atoms with Gasteiger partial charge in [-0.15, -0.1) is 0 Å². The van der Waals surface area contributed by atoms with E-state index in [0.29, 0.717) is 6.42 Å². The molecule has 0 aromatic heterocycles. The summed E-state index contributed by atoms with van der Waals surface area (Å²) in [5, 5.41) is 8.48. The molecule has 0 amide bonds. The molecule has 0 aliphatic heterocycles. The Hall–Kier alpha value is -1.49. The number of nitriles is 1. The first-order valence-corrected chi connectivity index (χ1v) is 3.87. The van der Waals surface area contributed by atoms with E-state index in [0.717, 1.165) is 22.4 Å². The van der Waals surface area contributed by atoms with Crippen LogP contribution in [0, 0.1) is 25.2 Å². The van der Waals surface area contributed by atoms with Gasteiger partial charge in [0.05, 0.1) is 12.5 Å². The maximum Gasteiger partial charge on any atom is 0.0669 e. The van der Waals surface area contributed by atoms with Crippen molar-refractivity contribution in [1.82, 2.24) is 0 Å². The number of hydrogen-bond acceptors (Lipinski definition) is 2. The van der Waals surface area contributed by atoms with Gasteiger partial charge in [0.15, 0.2) is 0 Å². The van der Waals surface area contributed by atoms with Crippen molar-refractivity contribution in [1.29, 1.82) is 5.26 Å². The predicted molar refractivity (Wildman–Crippen MR) is 49.6 cm³/mol. The SMILES string of the molecule is Cc1cc(CC#N)cc(N)c1C. The third-order valence-corrected chi connectivity index (χ3v) is 2.05. The quantitative estimate of drug-likeness (QED) is 0.638. The first-order valence-electron chi connectivity index (χ1n) is 3.87. The molecule has 0 aliphatic rings. The minimum Gasteiger partial charge on any atom is -0.398 e. The highest BCUT2D eigenvalue weighted by Crippen LogP contribution is 2.18. The molecule has 0 saturated heterocycles. The van der Waals surface area contributed by atoms with Gasteiger partial charge >= 0.3 is 0 Å². The maximum atomic E-state index is 8.48. The summed E-state index contributed by atoms with van der Waals surface area (Å²) in [5.41, 5.74) is 9.78. The number of benzene rings is 1. The van der Waals surface area contributed by atoms with Crippen LogP contribution < -0.4 is 5.73 Å². The van der Waals surface area contributed by atoms with E-state index < -0.39 is 0 Å². The van der Waals surface area contributed by atoms with Crippen molar-refractivity contribution >= 4 is 5.69 Å². The second-order valence-electron chi connectivity index (χ2n) is 2.96. The molecular formula is C10H12N2. The summed E-state index contributed by atoms with van der Waals surface area (Å²) in [4.78, 5) is 0. The summed E-state index contributed by atoms with van der Waals surface area (Å²) in [5.74, 6) is 0. The Labute approximate surface area is 72.6 Å². The van der Waals surface area contributed by atoms with E-state index in [1.165, 1.54) is 0 Å². The lowest BCUT2D eigenvalue weighted by molar-refractivity contribution is 1.22. The van der Waals surface area contributed by atoms with Crippen LogP contribution in [-0.4, -0.2) is 0 Å². The molecule has 0 spiro atoms. The van der Waals surface area contributed by atoms with Gasteiger partial charge < -0.3 is 5.73 Å². The second kappa shape index (κ2) is 3.27. The molecule has 2 nitrogen and oxygen atoms in total. The molecule has 0 saturated carbocycles. The molecule has 0 bridgehead atoms. The van der Waals surface area contributed by atoms with Gasteiger partial charge in [0.2, 0.25) is 0 Å². The zero-order chi connectivity index (χ0) is 9.14. The van der Waals surface area contributed by atoms with Crippen molar-refractivity contribution in [3.63, 3.8) is 0 Å². The van der Waals surface area contributed by atoms with Gasteiger partial charge in [-0.1, -0.05) is 6.07 Å². The van der Waals surface area contributed by atoms with E-state index in [4.69, 9.17) is 11.0 Å². The van der Waals surface area contributed by atoms with Crippen LogP contribution in [0.15, 0.2) is 12.1 Å². The van der Waals surface area contributed by atoms with Crippen LogP contribution in [0.5, 0.6) is 0 Å². The maximum absolute atomic E-state index is 8.48. The summed E-state index contributed by atoms with van der Waals surface area (Å²) >= 11 is 0. The van der Waals surface area contributed by atoms with Crippen LogP contribution in [0.1, 0.15) is 16.7 Å². The Balaban J connectivity index is 3.14. The standard InChI is InChI=1S/C10H12N2/c1-7-5-9(3-4-11)6-10(12)8(7)2/h5-6H,3,12H2,1-2H3. The fourth-order valence-corrected chi connectivity index (χ4v) is 1.16. The predicted octanol–water partition coefficient (Wildman–Crippen LogP) is 1.95. The third kappa shape index (κ3) is 1.57. The molecule has 1 aromatic carbocycles. The summed E-state index contributed by atoms with van der Waals surface area (Å²) in [6, 6.07) is 5.98. The van der Waals surface area contributed by atoms with Crippen molar-refractivity contribution in [2.24, 2.45) is 0 Å². The van der Waals surface area contributed by atoms with E-state index >= 15 is 0 Å². The largest absolute Gasteiger partial charge is 0.398 e. The molecule has 0 atom stereocenters. The zero-order valence-electron chi connectivity index (χ0n) is 7.39. The van der Waals surface area contributed by atoms with E-state index in [1.54, 1.807) is 0 Å². The lowest BCUT2D eigenvalue weighted by Crippen LogP contribution is -1.95. The Bertz CT molecular complexity index is 311. The Kier molecular flexibility index (Phi) is 2.35. The van der Waals surface area contributed by atoms with Crippen molar-refractivity contribution in [3.05, 3.63) is 28.8 Å². The number of hydrogen-bond donors (Lipinski definition) is 1. The first-order chi connectivity index (χ1) is 5.65. The Morgan fingerprint density at radius 3 is 2.58 bits per heavy atom. The van der Waals surface area contributed by atoms with Crippen LogP contribution in [0.2, 0.25) is 0 Å². The summed E-state index contributed by atoms with van der Waals surface area (Å²) in [7, 11) is 0. The van der Waals surface area contributed by atoms with Crippen molar-refractivity contribution in [2.75, 3.05) is 5.73 Å². The summed E-state index contributed by atoms with van der Waals surface area (Å²) in [6.07, 6.45) is 0.436. The van der Waals surface area contributed by atoms with Gasteiger partial charge in [0, 0.05) is 5.69 Å². The zero-order valence-corrected chi connectivity index (χ0v) is 7.39. The summed E-state index contributed by atoms with van der Waals surface area (Å²) in [6.45, 7) is 3.99. The molecule has 1 aromatic rings. The fourth-order valence-electron chi connectivity index (χ4n) is 1.16. The van der Waals surface area contributed by atoms with Crippen LogP contribution in [0.3, 0.4) is 0 Å². The average Bonchev–Trinajstić information content (AvgIpc) is 2.01. The molecule has 0 fully saturated rings. The number of anilines is 1. The number of nitrogens with zero attached hydrogens (tertiary/aromatic N) is 1. The van der Waals surface area contributed by atoms with Gasteiger partial charge in [0.25, 0.3) is 0 Å². The van der Waals surface area contributed by atoms with Crippen LogP contribution in [0.25, 0.3) is 0 Å². The average molecular weight is 160 g/mol. The minimum atomic E-state index is 0.436. The molecule has 0 heterocycles. The van der Waals surface area contributed by atoms with Gasteiger partial charge in [-0.25, -0.2) is 0 Å². The molecule has 12 heavy (non-hydrogen) atoms. The van der Waals surface area contributed by atoms with Gasteiger partial charge in [-0.3, -0.25) is 0 Å². The van der Waals surface area contributed by atoms with Crippen LogP contribution in [0.4, 0.5) is 5.69 Å². The molecule has 62 valence electrons. The topological polar surface area (TPSA) is 49.8 Å². The monoisotopic (exact) mass is 160 g/mol. The number of nitrogens with two attached hydrogens (primary N) is 1. The van der Waals surface area contributed by atoms with E-state index in [9.17, 15) is 0 Å². The smallest absolute Gasteiger partial charge is 0.0669 e. The van der Waals surface area contributed by atoms with Crippen molar-refractivity contribution in [2.45, 2.75) is 20.3 Å². The highest BCUT2D eigenvalue weighted by molar-refractivity contribution is 5.52. The highest BCUT2D eigenvalue weighted by Gasteiger charge is 2.00. The number of rotatable bonds is 1. The molecule has 2 N–H and O–H groups in total. The molecule has 2 heteroatoms. The first kappa shape index (κ1) is 8.61. The third-order valence-electron chi connectivity index (χ3n) is 2.05. The van der Waals surface area contributed by atoms with Gasteiger partial charge in [-0.05, 0) is 36.6 Å². The highest BCUT2D eigenvalue weighted by atomic mass is 14.6. The normalized spacial score (nSPS) is 9.42. The molecule has 0 unspecified atom stereocenters.